The summed E-state index contributed by atoms with van der Waals surface area (Å²) in [4.78, 5) is 9.59. The van der Waals surface area contributed by atoms with E-state index >= 15 is 0 Å². The van der Waals surface area contributed by atoms with Gasteiger partial charge in [-0.1, -0.05) is 11.6 Å². The number of aromatic nitrogens is 2. The van der Waals surface area contributed by atoms with Crippen LogP contribution in [0.5, 0.6) is 0 Å². The minimum absolute atomic E-state index is 0.0132. The second kappa shape index (κ2) is 6.00. The van der Waals surface area contributed by atoms with Crippen molar-refractivity contribution in [1.82, 2.24) is 9.97 Å². The number of nitrogens with zero attached hydrogens (tertiary/aromatic N) is 3. The van der Waals surface area contributed by atoms with Gasteiger partial charge in [-0.25, -0.2) is 4.98 Å². The van der Waals surface area contributed by atoms with Gasteiger partial charge in [0, 0.05) is 12.2 Å². The highest BCUT2D eigenvalue weighted by Gasteiger charge is 2.31. The van der Waals surface area contributed by atoms with Gasteiger partial charge in [0.05, 0.1) is 16.3 Å². The van der Waals surface area contributed by atoms with Crippen molar-refractivity contribution in [2.45, 2.75) is 26.1 Å². The van der Waals surface area contributed by atoms with Crippen LogP contribution in [0.4, 0.5) is 30.6 Å². The maximum Gasteiger partial charge on any atom is 0.416 e. The zero-order chi connectivity index (χ0) is 16.5. The molecular formula is C14H14ClF3N4. The summed E-state index contributed by atoms with van der Waals surface area (Å²) < 4.78 is 38.2. The maximum absolute atomic E-state index is 12.7. The van der Waals surface area contributed by atoms with Gasteiger partial charge in [-0.2, -0.15) is 18.2 Å². The van der Waals surface area contributed by atoms with E-state index in [1.54, 1.807) is 11.0 Å². The van der Waals surface area contributed by atoms with Gasteiger partial charge in [0.2, 0.25) is 5.95 Å². The van der Waals surface area contributed by atoms with Crippen LogP contribution in [0.1, 0.15) is 19.4 Å². The van der Waals surface area contributed by atoms with Gasteiger partial charge in [0.1, 0.15) is 5.82 Å². The van der Waals surface area contributed by atoms with Gasteiger partial charge in [0.25, 0.3) is 0 Å². The first-order valence-electron chi connectivity index (χ1n) is 6.44. The van der Waals surface area contributed by atoms with Crippen molar-refractivity contribution < 1.29 is 13.2 Å². The molecule has 22 heavy (non-hydrogen) atoms. The van der Waals surface area contributed by atoms with Crippen LogP contribution in [0, 0.1) is 0 Å². The van der Waals surface area contributed by atoms with Crippen LogP contribution in [0.15, 0.2) is 30.5 Å². The van der Waals surface area contributed by atoms with E-state index in [1.807, 2.05) is 13.8 Å². The molecule has 0 aliphatic carbocycles. The molecule has 2 N–H and O–H groups in total. The van der Waals surface area contributed by atoms with Crippen molar-refractivity contribution in [2.24, 2.45) is 0 Å². The quantitative estimate of drug-likeness (QED) is 0.912. The molecule has 0 aliphatic heterocycles. The van der Waals surface area contributed by atoms with Crippen molar-refractivity contribution in [3.05, 3.63) is 41.0 Å². The molecule has 0 unspecified atom stereocenters. The lowest BCUT2D eigenvalue weighted by Crippen LogP contribution is -2.27. The third kappa shape index (κ3) is 3.41. The highest BCUT2D eigenvalue weighted by atomic mass is 35.5. The Hall–Kier alpha value is -2.02. The predicted molar refractivity (Wildman–Crippen MR) is 80.2 cm³/mol. The van der Waals surface area contributed by atoms with Crippen LogP contribution in [0.2, 0.25) is 5.02 Å². The minimum atomic E-state index is -4.44. The maximum atomic E-state index is 12.7. The van der Waals surface area contributed by atoms with Gasteiger partial charge in [-0.05, 0) is 38.1 Å². The Bertz CT molecular complexity index is 673. The molecule has 0 bridgehead atoms. The van der Waals surface area contributed by atoms with Gasteiger partial charge in [0.15, 0.2) is 0 Å². The normalized spacial score (nSPS) is 11.8. The molecule has 0 radical (unpaired) electrons. The number of nitrogens with two attached hydrogens (primary N) is 1. The fraction of sp³-hybridized carbons (Fsp3) is 0.286. The molecule has 1 aromatic heterocycles. The highest BCUT2D eigenvalue weighted by Crippen LogP contribution is 2.37. The Morgan fingerprint density at radius 2 is 1.91 bits per heavy atom. The molecule has 2 rings (SSSR count). The Balaban J connectivity index is 2.50. The van der Waals surface area contributed by atoms with E-state index in [0.717, 1.165) is 12.1 Å². The summed E-state index contributed by atoms with van der Waals surface area (Å²) in [5.41, 5.74) is 5.18. The van der Waals surface area contributed by atoms with Crippen molar-refractivity contribution >= 4 is 29.1 Å². The summed E-state index contributed by atoms with van der Waals surface area (Å²) in [5.74, 6) is 0.537. The van der Waals surface area contributed by atoms with Crippen molar-refractivity contribution in [1.29, 1.82) is 0 Å². The van der Waals surface area contributed by atoms with Gasteiger partial charge < -0.3 is 10.6 Å². The first-order valence-corrected chi connectivity index (χ1v) is 6.82. The standard InChI is InChI=1S/C14H14ClF3N4/c1-8(2)22(12-5-6-20-13(19)21-12)11-4-3-9(7-10(11)15)14(16,17)18/h3-8H,1-2H3,(H2,19,20,21). The molecule has 4 nitrogen and oxygen atoms in total. The summed E-state index contributed by atoms with van der Waals surface area (Å²) in [6.45, 7) is 3.73. The molecule has 0 amide bonds. The van der Waals surface area contributed by atoms with E-state index in [2.05, 4.69) is 9.97 Å². The van der Waals surface area contributed by atoms with E-state index in [0.29, 0.717) is 11.5 Å². The smallest absolute Gasteiger partial charge is 0.368 e. The Morgan fingerprint density at radius 3 is 2.41 bits per heavy atom. The van der Waals surface area contributed by atoms with Crippen molar-refractivity contribution in [2.75, 3.05) is 10.6 Å². The molecule has 1 aromatic carbocycles. The van der Waals surface area contributed by atoms with Crippen LogP contribution in [0.3, 0.4) is 0 Å². The first kappa shape index (κ1) is 16.4. The Morgan fingerprint density at radius 1 is 1.23 bits per heavy atom. The van der Waals surface area contributed by atoms with Crippen molar-refractivity contribution in [3.8, 4) is 0 Å². The van der Waals surface area contributed by atoms with Gasteiger partial charge >= 0.3 is 6.18 Å². The fourth-order valence-corrected chi connectivity index (χ4v) is 2.31. The SMILES string of the molecule is CC(C)N(c1ccnc(N)n1)c1ccc(C(F)(F)F)cc1Cl. The molecular weight excluding hydrogens is 317 g/mol. The first-order chi connectivity index (χ1) is 10.2. The number of benzene rings is 1. The van der Waals surface area contributed by atoms with E-state index in [1.165, 1.54) is 12.3 Å². The zero-order valence-corrected chi connectivity index (χ0v) is 12.7. The molecule has 0 saturated carbocycles. The highest BCUT2D eigenvalue weighted by molar-refractivity contribution is 6.33. The number of hydrogen-bond donors (Lipinski definition) is 1. The predicted octanol–water partition coefficient (Wildman–Crippen LogP) is 4.28. The molecule has 0 aliphatic rings. The largest absolute Gasteiger partial charge is 0.416 e. The summed E-state index contributed by atoms with van der Waals surface area (Å²) in [6, 6.07) is 4.73. The molecule has 118 valence electrons. The number of alkyl halides is 3. The van der Waals surface area contributed by atoms with Gasteiger partial charge in [-0.3, -0.25) is 0 Å². The molecule has 8 heteroatoms. The third-order valence-corrected chi connectivity index (χ3v) is 3.26. The lowest BCUT2D eigenvalue weighted by molar-refractivity contribution is -0.137. The molecule has 0 spiro atoms. The number of anilines is 3. The summed E-state index contributed by atoms with van der Waals surface area (Å²) in [6.07, 6.45) is -2.96. The lowest BCUT2D eigenvalue weighted by atomic mass is 10.1. The zero-order valence-electron chi connectivity index (χ0n) is 11.9. The molecule has 2 aromatic rings. The Kier molecular flexibility index (Phi) is 4.46. The molecule has 0 atom stereocenters. The van der Waals surface area contributed by atoms with Crippen LogP contribution in [-0.2, 0) is 6.18 Å². The number of hydrogen-bond acceptors (Lipinski definition) is 4. The van der Waals surface area contributed by atoms with E-state index in [-0.39, 0.29) is 17.0 Å². The lowest BCUT2D eigenvalue weighted by Gasteiger charge is -2.29. The molecule has 0 fully saturated rings. The third-order valence-electron chi connectivity index (χ3n) is 2.96. The number of halogens is 4. The van der Waals surface area contributed by atoms with Crippen molar-refractivity contribution in [3.63, 3.8) is 0 Å². The second-order valence-corrected chi connectivity index (χ2v) is 5.31. The summed E-state index contributed by atoms with van der Waals surface area (Å²) in [5, 5.41) is -0.0132. The van der Waals surface area contributed by atoms with E-state index < -0.39 is 11.7 Å². The summed E-state index contributed by atoms with van der Waals surface area (Å²) >= 11 is 6.05. The Labute approximate surface area is 130 Å². The monoisotopic (exact) mass is 330 g/mol. The minimum Gasteiger partial charge on any atom is -0.368 e. The van der Waals surface area contributed by atoms with Crippen LogP contribution >= 0.6 is 11.6 Å². The average molecular weight is 331 g/mol. The topological polar surface area (TPSA) is 55.0 Å². The summed E-state index contributed by atoms with van der Waals surface area (Å²) in [7, 11) is 0. The molecule has 1 heterocycles. The van der Waals surface area contributed by atoms with Crippen LogP contribution in [-0.4, -0.2) is 16.0 Å². The number of rotatable bonds is 3. The van der Waals surface area contributed by atoms with Crippen LogP contribution < -0.4 is 10.6 Å². The van der Waals surface area contributed by atoms with Crippen LogP contribution in [0.25, 0.3) is 0 Å². The average Bonchev–Trinajstić information content (AvgIpc) is 2.39. The second-order valence-electron chi connectivity index (χ2n) is 4.90. The van der Waals surface area contributed by atoms with E-state index in [4.69, 9.17) is 17.3 Å². The fourth-order valence-electron chi connectivity index (χ4n) is 2.04. The van der Waals surface area contributed by atoms with Gasteiger partial charge in [-0.15, -0.1) is 0 Å². The van der Waals surface area contributed by atoms with E-state index in [9.17, 15) is 13.2 Å². The number of nitrogen functional groups attached to an aromatic ring is 1. The molecule has 0 saturated heterocycles.